The molecule has 186 valence electrons. The molecule has 1 aliphatic carbocycles. The summed E-state index contributed by atoms with van der Waals surface area (Å²) < 4.78 is 45.0. The molecular formula is C27H26FNO5SSi. The standard InChI is InChI=1S/C27H26FNO5SSi/c1-36(2,3)13-12-19-14-20(16-21(15-19)34-35(28,31)32)17-29-27(30)33-18-26-24-10-6-4-8-22(24)23-9-5-7-11-25(23)26/h4-11,14-16,26H,17-18H2,1-3H3,(H,29,30). The van der Waals surface area contributed by atoms with Crippen LogP contribution in [0.15, 0.2) is 66.7 Å². The van der Waals surface area contributed by atoms with Gasteiger partial charge in [-0.15, -0.1) is 5.54 Å². The number of carbonyl (C=O) groups excluding carboxylic acids is 1. The SMILES string of the molecule is C[Si](C)(C)C#Cc1cc(CNC(=O)OCC2c3ccccc3-c3ccccc32)cc(OS(=O)(=O)F)c1. The fraction of sp³-hybridized carbons (Fsp3) is 0.222. The van der Waals surface area contributed by atoms with Crippen LogP contribution in [0, 0.1) is 11.5 Å². The van der Waals surface area contributed by atoms with E-state index in [9.17, 15) is 17.1 Å². The van der Waals surface area contributed by atoms with Gasteiger partial charge < -0.3 is 14.2 Å². The lowest BCUT2D eigenvalue weighted by atomic mass is 9.98. The zero-order valence-corrected chi connectivity index (χ0v) is 22.0. The van der Waals surface area contributed by atoms with Gasteiger partial charge >= 0.3 is 16.6 Å². The van der Waals surface area contributed by atoms with Crippen molar-refractivity contribution in [2.24, 2.45) is 0 Å². The van der Waals surface area contributed by atoms with Crippen LogP contribution in [-0.4, -0.2) is 29.2 Å². The summed E-state index contributed by atoms with van der Waals surface area (Å²) in [4.78, 5) is 12.5. The van der Waals surface area contributed by atoms with Crippen LogP contribution in [0.1, 0.15) is 28.2 Å². The summed E-state index contributed by atoms with van der Waals surface area (Å²) in [6.45, 7) is 6.36. The molecule has 1 N–H and O–H groups in total. The number of halogens is 1. The molecule has 0 aromatic heterocycles. The molecule has 3 aromatic rings. The maximum Gasteiger partial charge on any atom is 0.488 e. The molecule has 9 heteroatoms. The lowest BCUT2D eigenvalue weighted by Gasteiger charge is -2.15. The smallest absolute Gasteiger partial charge is 0.449 e. The summed E-state index contributed by atoms with van der Waals surface area (Å²) in [5.74, 6) is 2.70. The summed E-state index contributed by atoms with van der Waals surface area (Å²) in [5.41, 5.74) is 8.60. The monoisotopic (exact) mass is 523 g/mol. The average Bonchev–Trinajstić information content (AvgIpc) is 3.12. The van der Waals surface area contributed by atoms with Crippen LogP contribution in [0.4, 0.5) is 8.68 Å². The van der Waals surface area contributed by atoms with Gasteiger partial charge in [-0.3, -0.25) is 0 Å². The van der Waals surface area contributed by atoms with Crippen LogP contribution >= 0.6 is 0 Å². The number of alkyl carbamates (subject to hydrolysis) is 1. The van der Waals surface area contributed by atoms with Crippen molar-refractivity contribution in [3.05, 3.63) is 89.0 Å². The van der Waals surface area contributed by atoms with E-state index < -0.39 is 24.7 Å². The van der Waals surface area contributed by atoms with Crippen molar-refractivity contribution in [2.45, 2.75) is 32.1 Å². The second kappa shape index (κ2) is 10.2. The van der Waals surface area contributed by atoms with Gasteiger partial charge in [0.1, 0.15) is 20.4 Å². The number of carbonyl (C=O) groups is 1. The van der Waals surface area contributed by atoms with E-state index in [1.54, 1.807) is 6.07 Å². The third-order valence-corrected chi connectivity index (χ3v) is 6.79. The number of hydrogen-bond acceptors (Lipinski definition) is 5. The Balaban J connectivity index is 1.45. The maximum atomic E-state index is 13.1. The molecule has 3 aromatic carbocycles. The zero-order chi connectivity index (χ0) is 25.9. The van der Waals surface area contributed by atoms with Crippen LogP contribution in [0.25, 0.3) is 11.1 Å². The number of nitrogens with one attached hydrogen (secondary N) is 1. The van der Waals surface area contributed by atoms with Crippen molar-refractivity contribution in [1.82, 2.24) is 5.32 Å². The van der Waals surface area contributed by atoms with E-state index in [1.165, 1.54) is 12.1 Å². The van der Waals surface area contributed by atoms with Gasteiger partial charge in [-0.25, -0.2) is 4.79 Å². The second-order valence-corrected chi connectivity index (χ2v) is 15.2. The Morgan fingerprint density at radius 1 is 1.00 bits per heavy atom. The first-order valence-corrected chi connectivity index (χ1v) is 16.2. The summed E-state index contributed by atoms with van der Waals surface area (Å²) in [7, 11) is -6.92. The molecule has 0 unspecified atom stereocenters. The third kappa shape index (κ3) is 6.53. The molecule has 1 amide bonds. The van der Waals surface area contributed by atoms with E-state index in [-0.39, 0.29) is 24.8 Å². The molecule has 6 nitrogen and oxygen atoms in total. The molecule has 0 saturated heterocycles. The normalized spacial score (nSPS) is 12.7. The average molecular weight is 524 g/mol. The Morgan fingerprint density at radius 3 is 2.19 bits per heavy atom. The molecule has 4 rings (SSSR count). The topological polar surface area (TPSA) is 81.7 Å². The minimum Gasteiger partial charge on any atom is -0.449 e. The predicted molar refractivity (Wildman–Crippen MR) is 139 cm³/mol. The van der Waals surface area contributed by atoms with Gasteiger partial charge in [-0.1, -0.05) is 78.0 Å². The van der Waals surface area contributed by atoms with Crippen molar-refractivity contribution in [3.63, 3.8) is 0 Å². The van der Waals surface area contributed by atoms with Crippen LogP contribution in [-0.2, 0) is 21.8 Å². The molecule has 0 radical (unpaired) electrons. The molecule has 0 saturated carbocycles. The van der Waals surface area contributed by atoms with Crippen LogP contribution in [0.5, 0.6) is 5.75 Å². The molecule has 0 heterocycles. The lowest BCUT2D eigenvalue weighted by Crippen LogP contribution is -2.25. The summed E-state index contributed by atoms with van der Waals surface area (Å²) in [6, 6.07) is 20.5. The van der Waals surface area contributed by atoms with Crippen molar-refractivity contribution in [3.8, 4) is 28.3 Å². The van der Waals surface area contributed by atoms with Crippen molar-refractivity contribution < 1.29 is 26.0 Å². The van der Waals surface area contributed by atoms with Crippen molar-refractivity contribution in [1.29, 1.82) is 0 Å². The highest BCUT2D eigenvalue weighted by Gasteiger charge is 2.29. The fourth-order valence-electron chi connectivity index (χ4n) is 4.08. The zero-order valence-electron chi connectivity index (χ0n) is 20.2. The van der Waals surface area contributed by atoms with E-state index in [2.05, 4.69) is 52.7 Å². The number of hydrogen-bond donors (Lipinski definition) is 1. The summed E-state index contributed by atoms with van der Waals surface area (Å²) in [5, 5.41) is 2.66. The van der Waals surface area contributed by atoms with Crippen molar-refractivity contribution >= 4 is 24.7 Å². The highest BCUT2D eigenvalue weighted by Crippen LogP contribution is 2.44. The predicted octanol–water partition coefficient (Wildman–Crippen LogP) is 5.55. The quantitative estimate of drug-likeness (QED) is 0.260. The number of ether oxygens (including phenoxy) is 1. The lowest BCUT2D eigenvalue weighted by molar-refractivity contribution is 0.142. The molecule has 0 fully saturated rings. The van der Waals surface area contributed by atoms with Gasteiger partial charge in [-0.05, 0) is 46.0 Å². The largest absolute Gasteiger partial charge is 0.488 e. The van der Waals surface area contributed by atoms with E-state index in [0.717, 1.165) is 22.3 Å². The summed E-state index contributed by atoms with van der Waals surface area (Å²) in [6.07, 6.45) is -0.629. The molecule has 0 spiro atoms. The minimum atomic E-state index is -5.20. The maximum absolute atomic E-state index is 13.1. The van der Waals surface area contributed by atoms with Gasteiger partial charge in [0.2, 0.25) is 0 Å². The van der Waals surface area contributed by atoms with Crippen LogP contribution in [0.3, 0.4) is 0 Å². The number of rotatable bonds is 6. The molecule has 36 heavy (non-hydrogen) atoms. The summed E-state index contributed by atoms with van der Waals surface area (Å²) >= 11 is 0. The van der Waals surface area contributed by atoms with Gasteiger partial charge in [0.15, 0.2) is 0 Å². The van der Waals surface area contributed by atoms with Gasteiger partial charge in [-0.2, -0.15) is 8.42 Å². The van der Waals surface area contributed by atoms with Gasteiger partial charge in [0.05, 0.1) is 0 Å². The van der Waals surface area contributed by atoms with Crippen molar-refractivity contribution in [2.75, 3.05) is 6.61 Å². The Bertz CT molecular complexity index is 1430. The molecule has 0 atom stereocenters. The molecule has 0 aliphatic heterocycles. The van der Waals surface area contributed by atoms with Crippen LogP contribution < -0.4 is 9.50 Å². The first-order chi connectivity index (χ1) is 17.0. The molecular weight excluding hydrogens is 497 g/mol. The molecule has 1 aliphatic rings. The van der Waals surface area contributed by atoms with E-state index in [4.69, 9.17) is 4.74 Å². The Morgan fingerprint density at radius 2 is 1.61 bits per heavy atom. The molecule has 0 bridgehead atoms. The van der Waals surface area contributed by atoms with E-state index in [1.807, 2.05) is 36.4 Å². The Labute approximate surface area is 211 Å². The van der Waals surface area contributed by atoms with Crippen LogP contribution in [0.2, 0.25) is 19.6 Å². The van der Waals surface area contributed by atoms with Gasteiger partial charge in [0, 0.05) is 18.0 Å². The highest BCUT2D eigenvalue weighted by atomic mass is 32.3. The third-order valence-electron chi connectivity index (χ3n) is 5.52. The Kier molecular flexibility index (Phi) is 7.20. The van der Waals surface area contributed by atoms with Gasteiger partial charge in [0.25, 0.3) is 0 Å². The number of amides is 1. The second-order valence-electron chi connectivity index (χ2n) is 9.52. The number of benzene rings is 3. The minimum absolute atomic E-state index is 0.0157. The number of fused-ring (bicyclic) bond motifs is 3. The first kappa shape index (κ1) is 25.5. The highest BCUT2D eigenvalue weighted by molar-refractivity contribution is 7.81. The fourth-order valence-corrected chi connectivity index (χ4v) is 4.93. The van der Waals surface area contributed by atoms with E-state index in [0.29, 0.717) is 11.1 Å². The first-order valence-electron chi connectivity index (χ1n) is 11.4. The Hall–Kier alpha value is -3.61. The van der Waals surface area contributed by atoms with E-state index >= 15 is 0 Å².